The van der Waals surface area contributed by atoms with Crippen molar-refractivity contribution in [3.8, 4) is 33.4 Å². The Morgan fingerprint density at radius 2 is 0.857 bits per heavy atom. The second kappa shape index (κ2) is 10.0. The summed E-state index contributed by atoms with van der Waals surface area (Å²) in [5.74, 6) is 0. The highest BCUT2D eigenvalue weighted by Gasteiger charge is 2.26. The van der Waals surface area contributed by atoms with Crippen LogP contribution in [0.25, 0.3) is 54.9 Å². The van der Waals surface area contributed by atoms with Gasteiger partial charge in [-0.2, -0.15) is 0 Å². The van der Waals surface area contributed by atoms with Crippen LogP contribution in [0.2, 0.25) is 0 Å². The molecule has 0 saturated heterocycles. The molecule has 8 rings (SSSR count). The van der Waals surface area contributed by atoms with E-state index in [4.69, 9.17) is 0 Å². The Morgan fingerprint density at radius 1 is 0.429 bits per heavy atom. The molecule has 0 bridgehead atoms. The van der Waals surface area contributed by atoms with Gasteiger partial charge in [-0.05, 0) is 85.1 Å². The summed E-state index contributed by atoms with van der Waals surface area (Å²) in [7, 11) is 0. The van der Waals surface area contributed by atoms with E-state index >= 15 is 0 Å². The van der Waals surface area contributed by atoms with Gasteiger partial charge in [0.1, 0.15) is 0 Å². The normalized spacial score (nSPS) is 14.4. The number of benzene rings is 7. The SMILES string of the molecule is CC1c2ccccc2CN1c1ccc(-c2c3ccccc3c(-c3ccc(-c4ccccc4)cc3)c3ccccc23)cc1. The molecule has 1 aliphatic rings. The lowest BCUT2D eigenvalue weighted by atomic mass is 9.85. The summed E-state index contributed by atoms with van der Waals surface area (Å²) in [5.41, 5.74) is 11.7. The number of fused-ring (bicyclic) bond motifs is 3. The average Bonchev–Trinajstić information content (AvgIpc) is 3.40. The summed E-state index contributed by atoms with van der Waals surface area (Å²) in [5, 5.41) is 5.14. The lowest BCUT2D eigenvalue weighted by Crippen LogP contribution is -2.18. The second-order valence-corrected chi connectivity index (χ2v) is 11.3. The first-order valence-corrected chi connectivity index (χ1v) is 14.8. The van der Waals surface area contributed by atoms with Crippen molar-refractivity contribution in [2.75, 3.05) is 4.90 Å². The number of anilines is 1. The van der Waals surface area contributed by atoms with E-state index in [1.165, 1.54) is 71.7 Å². The highest BCUT2D eigenvalue weighted by atomic mass is 15.2. The Morgan fingerprint density at radius 3 is 1.40 bits per heavy atom. The van der Waals surface area contributed by atoms with Crippen LogP contribution in [0.4, 0.5) is 5.69 Å². The molecule has 42 heavy (non-hydrogen) atoms. The van der Waals surface area contributed by atoms with E-state index in [2.05, 4.69) is 163 Å². The van der Waals surface area contributed by atoms with Gasteiger partial charge in [-0.3, -0.25) is 0 Å². The van der Waals surface area contributed by atoms with Gasteiger partial charge in [0.25, 0.3) is 0 Å². The number of hydrogen-bond acceptors (Lipinski definition) is 1. The second-order valence-electron chi connectivity index (χ2n) is 11.3. The third-order valence-corrected chi connectivity index (χ3v) is 9.01. The minimum atomic E-state index is 0.376. The van der Waals surface area contributed by atoms with Crippen molar-refractivity contribution in [1.82, 2.24) is 0 Å². The lowest BCUT2D eigenvalue weighted by Gasteiger charge is -2.25. The van der Waals surface area contributed by atoms with Crippen molar-refractivity contribution in [2.45, 2.75) is 19.5 Å². The Hall–Kier alpha value is -5.14. The minimum absolute atomic E-state index is 0.376. The van der Waals surface area contributed by atoms with Crippen LogP contribution in [0.5, 0.6) is 0 Å². The van der Waals surface area contributed by atoms with Crippen molar-refractivity contribution in [3.63, 3.8) is 0 Å². The third-order valence-electron chi connectivity index (χ3n) is 9.01. The highest BCUT2D eigenvalue weighted by Crippen LogP contribution is 2.45. The molecule has 0 aromatic heterocycles. The molecule has 1 nitrogen and oxygen atoms in total. The van der Waals surface area contributed by atoms with Gasteiger partial charge in [0.05, 0.1) is 6.04 Å². The molecule has 0 radical (unpaired) electrons. The maximum absolute atomic E-state index is 2.51. The van der Waals surface area contributed by atoms with Crippen molar-refractivity contribution < 1.29 is 0 Å². The summed E-state index contributed by atoms with van der Waals surface area (Å²) in [6.45, 7) is 3.27. The molecular formula is C41H31N. The van der Waals surface area contributed by atoms with Crippen molar-refractivity contribution >= 4 is 27.2 Å². The Bertz CT molecular complexity index is 2000. The van der Waals surface area contributed by atoms with Crippen molar-refractivity contribution in [1.29, 1.82) is 0 Å². The maximum atomic E-state index is 2.51. The summed E-state index contributed by atoms with van der Waals surface area (Å²) >= 11 is 0. The molecule has 1 atom stereocenters. The van der Waals surface area contributed by atoms with Crippen molar-refractivity contribution in [3.05, 3.63) is 163 Å². The van der Waals surface area contributed by atoms with Crippen molar-refractivity contribution in [2.24, 2.45) is 0 Å². The van der Waals surface area contributed by atoms with Gasteiger partial charge in [-0.15, -0.1) is 0 Å². The fraction of sp³-hybridized carbons (Fsp3) is 0.0732. The number of nitrogens with zero attached hydrogens (tertiary/aromatic N) is 1. The van der Waals surface area contributed by atoms with Gasteiger partial charge in [-0.1, -0.05) is 140 Å². The van der Waals surface area contributed by atoms with Crippen LogP contribution in [-0.4, -0.2) is 0 Å². The molecule has 1 heteroatoms. The molecule has 7 aromatic rings. The molecule has 7 aromatic carbocycles. The minimum Gasteiger partial charge on any atom is -0.360 e. The first kappa shape index (κ1) is 24.6. The van der Waals surface area contributed by atoms with Crippen LogP contribution < -0.4 is 4.90 Å². The molecule has 0 spiro atoms. The number of rotatable bonds is 4. The molecule has 1 unspecified atom stereocenters. The van der Waals surface area contributed by atoms with Gasteiger partial charge in [-0.25, -0.2) is 0 Å². The average molecular weight is 538 g/mol. The smallest absolute Gasteiger partial charge is 0.0521 e. The zero-order chi connectivity index (χ0) is 28.0. The molecule has 0 fully saturated rings. The predicted molar refractivity (Wildman–Crippen MR) is 179 cm³/mol. The summed E-state index contributed by atoms with van der Waals surface area (Å²) in [6, 6.07) is 55.9. The first-order chi connectivity index (χ1) is 20.8. The summed E-state index contributed by atoms with van der Waals surface area (Å²) < 4.78 is 0. The highest BCUT2D eigenvalue weighted by molar-refractivity contribution is 6.21. The Labute approximate surface area is 247 Å². The van der Waals surface area contributed by atoms with Crippen LogP contribution in [-0.2, 0) is 6.54 Å². The van der Waals surface area contributed by atoms with Gasteiger partial charge < -0.3 is 4.90 Å². The first-order valence-electron chi connectivity index (χ1n) is 14.8. The Kier molecular flexibility index (Phi) is 5.89. The molecule has 0 aliphatic carbocycles. The quantitative estimate of drug-likeness (QED) is 0.202. The standard InChI is InChI=1S/C41H31N/c1-28-35-14-6-5-13-33(35)27-42(28)34-25-23-32(24-26-34)41-38-17-9-7-15-36(38)40(37-16-8-10-18-39(37)41)31-21-19-30(20-22-31)29-11-3-2-4-12-29/h2-26,28H,27H2,1H3. The van der Waals surface area contributed by atoms with Gasteiger partial charge in [0, 0.05) is 12.2 Å². The zero-order valence-corrected chi connectivity index (χ0v) is 23.7. The summed E-state index contributed by atoms with van der Waals surface area (Å²) in [6.07, 6.45) is 0. The van der Waals surface area contributed by atoms with E-state index < -0.39 is 0 Å². The van der Waals surface area contributed by atoms with E-state index in [1.807, 2.05) is 0 Å². The lowest BCUT2D eigenvalue weighted by molar-refractivity contribution is 0.733. The van der Waals surface area contributed by atoms with Crippen LogP contribution in [0.1, 0.15) is 24.1 Å². The monoisotopic (exact) mass is 537 g/mol. The van der Waals surface area contributed by atoms with E-state index in [-0.39, 0.29) is 0 Å². The molecule has 0 saturated carbocycles. The van der Waals surface area contributed by atoms with E-state index in [0.29, 0.717) is 6.04 Å². The third kappa shape index (κ3) is 4.01. The van der Waals surface area contributed by atoms with Gasteiger partial charge in [0.2, 0.25) is 0 Å². The van der Waals surface area contributed by atoms with Gasteiger partial charge in [0.15, 0.2) is 0 Å². The molecule has 0 amide bonds. The topological polar surface area (TPSA) is 3.24 Å². The fourth-order valence-electron chi connectivity index (χ4n) is 6.92. The Balaban J connectivity index is 1.25. The predicted octanol–water partition coefficient (Wildman–Crippen LogP) is 11.1. The van der Waals surface area contributed by atoms with E-state index in [9.17, 15) is 0 Å². The van der Waals surface area contributed by atoms with Crippen LogP contribution in [0, 0.1) is 0 Å². The molecule has 0 N–H and O–H groups in total. The summed E-state index contributed by atoms with van der Waals surface area (Å²) in [4.78, 5) is 2.51. The number of hydrogen-bond donors (Lipinski definition) is 0. The molecular weight excluding hydrogens is 506 g/mol. The van der Waals surface area contributed by atoms with Gasteiger partial charge >= 0.3 is 0 Å². The fourth-order valence-corrected chi connectivity index (χ4v) is 6.92. The van der Waals surface area contributed by atoms with E-state index in [1.54, 1.807) is 0 Å². The zero-order valence-electron chi connectivity index (χ0n) is 23.7. The maximum Gasteiger partial charge on any atom is 0.0521 e. The molecule has 1 heterocycles. The van der Waals surface area contributed by atoms with E-state index in [0.717, 1.165) is 6.54 Å². The molecule has 1 aliphatic heterocycles. The molecule has 200 valence electrons. The largest absolute Gasteiger partial charge is 0.360 e. The van der Waals surface area contributed by atoms with Crippen LogP contribution in [0.15, 0.2) is 152 Å². The van der Waals surface area contributed by atoms with Crippen LogP contribution >= 0.6 is 0 Å². The van der Waals surface area contributed by atoms with Crippen LogP contribution in [0.3, 0.4) is 0 Å².